The van der Waals surface area contributed by atoms with Crippen LogP contribution in [0.4, 0.5) is 0 Å². The second-order valence-corrected chi connectivity index (χ2v) is 20.3. The van der Waals surface area contributed by atoms with Crippen molar-refractivity contribution < 1.29 is 28.6 Å². The molecule has 0 saturated heterocycles. The lowest BCUT2D eigenvalue weighted by atomic mass is 10.0. The molecule has 6 nitrogen and oxygen atoms in total. The molecule has 0 aliphatic heterocycles. The lowest BCUT2D eigenvalue weighted by Crippen LogP contribution is -2.30. The highest BCUT2D eigenvalue weighted by Gasteiger charge is 2.19. The molecule has 0 heterocycles. The van der Waals surface area contributed by atoms with Crippen molar-refractivity contribution >= 4 is 17.9 Å². The van der Waals surface area contributed by atoms with Crippen LogP contribution in [0, 0.1) is 0 Å². The van der Waals surface area contributed by atoms with E-state index in [0.29, 0.717) is 19.3 Å². The Bertz CT molecular complexity index is 1140. The Morgan fingerprint density at radius 2 is 0.529 bits per heavy atom. The minimum Gasteiger partial charge on any atom is -0.462 e. The number of carbonyl (C=O) groups is 3. The molecule has 0 rings (SSSR count). The molecule has 6 heteroatoms. The summed E-state index contributed by atoms with van der Waals surface area (Å²) in [6.07, 6.45) is 68.5. The molecule has 0 N–H and O–H groups in total. The molecule has 0 aliphatic rings. The van der Waals surface area contributed by atoms with Crippen LogP contribution in [0.15, 0.2) is 36.5 Å². The predicted octanol–water partition coefficient (Wildman–Crippen LogP) is 20.0. The number of esters is 3. The zero-order valence-corrected chi connectivity index (χ0v) is 45.6. The summed E-state index contributed by atoms with van der Waals surface area (Å²) in [6.45, 7) is 6.66. The third-order valence-corrected chi connectivity index (χ3v) is 13.4. The molecule has 0 aromatic carbocycles. The number of carbonyl (C=O) groups excluding carboxylic acids is 3. The maximum absolute atomic E-state index is 12.9. The Labute approximate surface area is 423 Å². The van der Waals surface area contributed by atoms with E-state index in [1.165, 1.54) is 205 Å². The normalized spacial score (nSPS) is 12.2. The fraction of sp³-hybridized carbons (Fsp3) is 0.855. The topological polar surface area (TPSA) is 78.9 Å². The zero-order valence-electron chi connectivity index (χ0n) is 45.6. The summed E-state index contributed by atoms with van der Waals surface area (Å²) in [5, 5.41) is 0. The Morgan fingerprint density at radius 3 is 0.824 bits per heavy atom. The smallest absolute Gasteiger partial charge is 0.306 e. The molecule has 0 aromatic rings. The van der Waals surface area contributed by atoms with Gasteiger partial charge in [0.05, 0.1) is 0 Å². The van der Waals surface area contributed by atoms with Crippen molar-refractivity contribution in [1.82, 2.24) is 0 Å². The van der Waals surface area contributed by atoms with Crippen molar-refractivity contribution in [2.45, 2.75) is 329 Å². The van der Waals surface area contributed by atoms with Crippen LogP contribution in [0.1, 0.15) is 323 Å². The van der Waals surface area contributed by atoms with Crippen molar-refractivity contribution in [3.05, 3.63) is 36.5 Å². The SMILES string of the molecule is CCCCCCCC/C=C\CCCCCCCCCC(=O)OC(COC(=O)CCCCCCC/C=C\C=C/CCCCCCCCC)COC(=O)CCCCCCCCCCCCCCCCC. The van der Waals surface area contributed by atoms with Gasteiger partial charge in [0.15, 0.2) is 6.10 Å². The van der Waals surface area contributed by atoms with E-state index < -0.39 is 6.10 Å². The van der Waals surface area contributed by atoms with Crippen LogP contribution < -0.4 is 0 Å². The first-order valence-corrected chi connectivity index (χ1v) is 30.0. The molecule has 0 radical (unpaired) electrons. The Kier molecular flexibility index (Phi) is 55.2. The zero-order chi connectivity index (χ0) is 49.3. The Morgan fingerprint density at radius 1 is 0.294 bits per heavy atom. The van der Waals surface area contributed by atoms with Gasteiger partial charge in [0.25, 0.3) is 0 Å². The van der Waals surface area contributed by atoms with E-state index in [0.717, 1.165) is 77.0 Å². The molecule has 0 saturated carbocycles. The molecule has 0 aromatic heterocycles. The summed E-state index contributed by atoms with van der Waals surface area (Å²) in [7, 11) is 0. The number of rotatable bonds is 55. The van der Waals surface area contributed by atoms with Crippen molar-refractivity contribution in [1.29, 1.82) is 0 Å². The summed E-state index contributed by atoms with van der Waals surface area (Å²) < 4.78 is 16.9. The van der Waals surface area contributed by atoms with E-state index in [4.69, 9.17) is 14.2 Å². The lowest BCUT2D eigenvalue weighted by molar-refractivity contribution is -0.167. The van der Waals surface area contributed by atoms with Gasteiger partial charge in [-0.2, -0.15) is 0 Å². The van der Waals surface area contributed by atoms with Gasteiger partial charge in [0, 0.05) is 19.3 Å². The standard InChI is InChI=1S/C62H114O6/c1-4-7-10-13-16-19-22-25-28-30-32-34-37-40-43-46-49-52-55-61(64)67-58-59(57-66-60(63)54-51-48-45-42-39-36-33-27-24-21-18-15-12-9-6-3)68-62(65)56-53-50-47-44-41-38-35-31-29-26-23-20-17-14-11-8-5-2/h26,28-30,32,34,59H,4-25,27,31,33,35-58H2,1-3H3/b29-26-,30-28-,34-32-. The summed E-state index contributed by atoms with van der Waals surface area (Å²) >= 11 is 0. The molecule has 1 atom stereocenters. The predicted molar refractivity (Wildman–Crippen MR) is 293 cm³/mol. The first kappa shape index (κ1) is 65.6. The van der Waals surface area contributed by atoms with Gasteiger partial charge in [-0.15, -0.1) is 0 Å². The van der Waals surface area contributed by atoms with E-state index in [-0.39, 0.29) is 31.1 Å². The maximum Gasteiger partial charge on any atom is 0.306 e. The van der Waals surface area contributed by atoms with Crippen LogP contribution in [-0.2, 0) is 28.6 Å². The highest BCUT2D eigenvalue weighted by molar-refractivity contribution is 5.71. The van der Waals surface area contributed by atoms with Crippen LogP contribution in [0.25, 0.3) is 0 Å². The van der Waals surface area contributed by atoms with Gasteiger partial charge >= 0.3 is 17.9 Å². The first-order chi connectivity index (χ1) is 33.5. The number of hydrogen-bond acceptors (Lipinski definition) is 6. The second-order valence-electron chi connectivity index (χ2n) is 20.3. The van der Waals surface area contributed by atoms with Crippen molar-refractivity contribution in [2.75, 3.05) is 13.2 Å². The van der Waals surface area contributed by atoms with Crippen LogP contribution in [0.2, 0.25) is 0 Å². The van der Waals surface area contributed by atoms with E-state index in [9.17, 15) is 14.4 Å². The van der Waals surface area contributed by atoms with Crippen LogP contribution in [0.5, 0.6) is 0 Å². The molecule has 68 heavy (non-hydrogen) atoms. The average molecular weight is 956 g/mol. The van der Waals surface area contributed by atoms with E-state index in [1.807, 2.05) is 0 Å². The fourth-order valence-electron chi connectivity index (χ4n) is 8.84. The van der Waals surface area contributed by atoms with E-state index in [2.05, 4.69) is 57.2 Å². The lowest BCUT2D eigenvalue weighted by Gasteiger charge is -2.18. The van der Waals surface area contributed by atoms with Gasteiger partial charge in [-0.1, -0.05) is 269 Å². The van der Waals surface area contributed by atoms with Crippen LogP contribution in [-0.4, -0.2) is 37.2 Å². The van der Waals surface area contributed by atoms with Gasteiger partial charge in [-0.25, -0.2) is 0 Å². The third kappa shape index (κ3) is 54.6. The summed E-state index contributed by atoms with van der Waals surface area (Å²) in [5.41, 5.74) is 0. The molecule has 0 aliphatic carbocycles. The molecule has 1 unspecified atom stereocenters. The maximum atomic E-state index is 12.9. The molecule has 398 valence electrons. The molecular formula is C62H114O6. The van der Waals surface area contributed by atoms with Gasteiger partial charge in [0.2, 0.25) is 0 Å². The van der Waals surface area contributed by atoms with Gasteiger partial charge < -0.3 is 14.2 Å². The highest BCUT2D eigenvalue weighted by atomic mass is 16.6. The monoisotopic (exact) mass is 955 g/mol. The Balaban J connectivity index is 4.37. The van der Waals surface area contributed by atoms with E-state index >= 15 is 0 Å². The second kappa shape index (κ2) is 57.2. The fourth-order valence-corrected chi connectivity index (χ4v) is 8.84. The number of unbranched alkanes of at least 4 members (excludes halogenated alkanes) is 39. The van der Waals surface area contributed by atoms with Crippen molar-refractivity contribution in [2.24, 2.45) is 0 Å². The summed E-state index contributed by atoms with van der Waals surface area (Å²) in [4.78, 5) is 38.2. The van der Waals surface area contributed by atoms with Gasteiger partial charge in [-0.3, -0.25) is 14.4 Å². The third-order valence-electron chi connectivity index (χ3n) is 13.4. The molecule has 0 spiro atoms. The minimum atomic E-state index is -0.778. The highest BCUT2D eigenvalue weighted by Crippen LogP contribution is 2.16. The van der Waals surface area contributed by atoms with Crippen LogP contribution in [0.3, 0.4) is 0 Å². The largest absolute Gasteiger partial charge is 0.462 e. The quantitative estimate of drug-likeness (QED) is 0.0199. The van der Waals surface area contributed by atoms with Gasteiger partial charge in [-0.05, 0) is 70.6 Å². The molecule has 0 bridgehead atoms. The average Bonchev–Trinajstić information content (AvgIpc) is 3.34. The van der Waals surface area contributed by atoms with Crippen LogP contribution >= 0.6 is 0 Å². The number of ether oxygens (including phenoxy) is 3. The van der Waals surface area contributed by atoms with Crippen molar-refractivity contribution in [3.8, 4) is 0 Å². The minimum absolute atomic E-state index is 0.0751. The number of allylic oxidation sites excluding steroid dienone is 6. The first-order valence-electron chi connectivity index (χ1n) is 30.0. The number of hydrogen-bond donors (Lipinski definition) is 0. The van der Waals surface area contributed by atoms with Gasteiger partial charge in [0.1, 0.15) is 13.2 Å². The summed E-state index contributed by atoms with van der Waals surface area (Å²) in [6, 6.07) is 0. The molecule has 0 fully saturated rings. The van der Waals surface area contributed by atoms with E-state index in [1.54, 1.807) is 0 Å². The summed E-state index contributed by atoms with van der Waals surface area (Å²) in [5.74, 6) is -0.876. The molecule has 0 amide bonds. The van der Waals surface area contributed by atoms with Crippen molar-refractivity contribution in [3.63, 3.8) is 0 Å². The molecular weight excluding hydrogens is 841 g/mol. The Hall–Kier alpha value is -2.37.